The van der Waals surface area contributed by atoms with E-state index >= 15 is 0 Å². The molecule has 1 aromatic heterocycles. The van der Waals surface area contributed by atoms with Gasteiger partial charge < -0.3 is 9.84 Å². The Hall–Kier alpha value is -2.73. The second-order valence-corrected chi connectivity index (χ2v) is 9.77. The van der Waals surface area contributed by atoms with E-state index in [-0.39, 0.29) is 23.7 Å². The minimum absolute atomic E-state index is 0.00787. The summed E-state index contributed by atoms with van der Waals surface area (Å²) in [7, 11) is 0. The maximum absolute atomic E-state index is 12.6. The number of hydrogen-bond acceptors (Lipinski definition) is 6. The van der Waals surface area contributed by atoms with E-state index < -0.39 is 16.8 Å². The third-order valence-electron chi connectivity index (χ3n) is 4.60. The number of nitrogens with zero attached hydrogens (tertiary/aromatic N) is 1. The molecular formula is C23H24NO4S-. The zero-order valence-electron chi connectivity index (χ0n) is 17.2. The molecular weight excluding hydrogens is 386 g/mol. The lowest BCUT2D eigenvalue weighted by molar-refractivity contribution is -0.267. The number of thiazole rings is 1. The average molecular weight is 411 g/mol. The van der Waals surface area contributed by atoms with Crippen molar-refractivity contribution in [3.63, 3.8) is 0 Å². The van der Waals surface area contributed by atoms with Gasteiger partial charge in [0.25, 0.3) is 0 Å². The lowest BCUT2D eigenvalue weighted by Gasteiger charge is -2.30. The molecule has 0 saturated carbocycles. The fourth-order valence-corrected chi connectivity index (χ4v) is 4.22. The monoisotopic (exact) mass is 410 g/mol. The van der Waals surface area contributed by atoms with Gasteiger partial charge in [0, 0.05) is 11.0 Å². The van der Waals surface area contributed by atoms with Crippen molar-refractivity contribution in [3.8, 4) is 16.3 Å². The van der Waals surface area contributed by atoms with Crippen LogP contribution in [0.4, 0.5) is 0 Å². The van der Waals surface area contributed by atoms with Gasteiger partial charge in [0.1, 0.15) is 17.4 Å². The highest BCUT2D eigenvalue weighted by molar-refractivity contribution is 7.21. The quantitative estimate of drug-likeness (QED) is 0.563. The fourth-order valence-electron chi connectivity index (χ4n) is 3.22. The molecule has 0 aliphatic carbocycles. The molecule has 1 heterocycles. The Labute approximate surface area is 174 Å². The standard InChI is InChI=1S/C23H25NO4S/c1-22(2,3)21(27)23(4,5)13-28-20(26)14-10-11-15(17(25)12-14)19-24-16-8-6-7-9-18(16)29-19/h6-12,25H,13H2,1-5H3/p-1. The average Bonchev–Trinajstić information content (AvgIpc) is 3.08. The summed E-state index contributed by atoms with van der Waals surface area (Å²) in [5.74, 6) is -0.898. The van der Waals surface area contributed by atoms with Gasteiger partial charge in [-0.1, -0.05) is 50.8 Å². The van der Waals surface area contributed by atoms with Crippen molar-refractivity contribution < 1.29 is 19.4 Å². The number of ether oxygens (including phenoxy) is 1. The number of carbonyl (C=O) groups is 2. The number of Topliss-reactive ketones (excluding diaryl/α,β-unsaturated/α-hetero) is 1. The van der Waals surface area contributed by atoms with Crippen LogP contribution in [0.3, 0.4) is 0 Å². The number of para-hydroxylation sites is 1. The summed E-state index contributed by atoms with van der Waals surface area (Å²) < 4.78 is 6.34. The highest BCUT2D eigenvalue weighted by Crippen LogP contribution is 2.35. The predicted molar refractivity (Wildman–Crippen MR) is 113 cm³/mol. The van der Waals surface area contributed by atoms with Crippen molar-refractivity contribution in [1.29, 1.82) is 0 Å². The van der Waals surface area contributed by atoms with Crippen molar-refractivity contribution in [2.75, 3.05) is 6.61 Å². The molecule has 0 fully saturated rings. The Bertz CT molecular complexity index is 1040. The summed E-state index contributed by atoms with van der Waals surface area (Å²) in [4.78, 5) is 29.4. The van der Waals surface area contributed by atoms with Crippen molar-refractivity contribution in [1.82, 2.24) is 4.98 Å². The largest absolute Gasteiger partial charge is 0.872 e. The molecule has 0 unspecified atom stereocenters. The molecule has 0 radical (unpaired) electrons. The molecule has 0 aliphatic rings. The normalized spacial score (nSPS) is 12.2. The summed E-state index contributed by atoms with van der Waals surface area (Å²) >= 11 is 1.43. The maximum Gasteiger partial charge on any atom is 0.338 e. The van der Waals surface area contributed by atoms with E-state index in [1.165, 1.54) is 17.4 Å². The van der Waals surface area contributed by atoms with Crippen LogP contribution in [-0.2, 0) is 9.53 Å². The van der Waals surface area contributed by atoms with E-state index in [2.05, 4.69) is 4.98 Å². The van der Waals surface area contributed by atoms with Gasteiger partial charge in [-0.15, -0.1) is 11.3 Å². The number of carbonyl (C=O) groups excluding carboxylic acids is 2. The molecule has 0 N–H and O–H groups in total. The lowest BCUT2D eigenvalue weighted by Crippen LogP contribution is -2.38. The first-order chi connectivity index (χ1) is 13.5. The molecule has 0 aliphatic heterocycles. The molecule has 152 valence electrons. The van der Waals surface area contributed by atoms with Crippen LogP contribution in [0.1, 0.15) is 45.0 Å². The summed E-state index contributed by atoms with van der Waals surface area (Å²) in [6.45, 7) is 8.97. The van der Waals surface area contributed by atoms with E-state index in [1.54, 1.807) is 26.0 Å². The molecule has 6 heteroatoms. The van der Waals surface area contributed by atoms with E-state index in [1.807, 2.05) is 45.0 Å². The highest BCUT2D eigenvalue weighted by Gasteiger charge is 2.37. The molecule has 0 saturated heterocycles. The van der Waals surface area contributed by atoms with Crippen molar-refractivity contribution in [2.45, 2.75) is 34.6 Å². The van der Waals surface area contributed by atoms with Gasteiger partial charge in [0.2, 0.25) is 0 Å². The number of esters is 1. The van der Waals surface area contributed by atoms with E-state index in [0.717, 1.165) is 10.2 Å². The summed E-state index contributed by atoms with van der Waals surface area (Å²) in [6.07, 6.45) is 0. The Kier molecular flexibility index (Phi) is 5.50. The second kappa shape index (κ2) is 7.59. The van der Waals surface area contributed by atoms with Crippen LogP contribution < -0.4 is 5.11 Å². The minimum Gasteiger partial charge on any atom is -0.872 e. The Balaban J connectivity index is 1.76. The van der Waals surface area contributed by atoms with Gasteiger partial charge in [-0.25, -0.2) is 9.78 Å². The van der Waals surface area contributed by atoms with Gasteiger partial charge in [-0.05, 0) is 32.0 Å². The number of fused-ring (bicyclic) bond motifs is 1. The van der Waals surface area contributed by atoms with Gasteiger partial charge in [-0.2, -0.15) is 0 Å². The first-order valence-electron chi connectivity index (χ1n) is 9.38. The van der Waals surface area contributed by atoms with Crippen molar-refractivity contribution in [2.24, 2.45) is 10.8 Å². The van der Waals surface area contributed by atoms with Crippen LogP contribution in [-0.4, -0.2) is 23.3 Å². The Morgan fingerprint density at radius 1 is 1.07 bits per heavy atom. The first-order valence-corrected chi connectivity index (χ1v) is 10.2. The molecule has 5 nitrogen and oxygen atoms in total. The van der Waals surface area contributed by atoms with Crippen molar-refractivity contribution in [3.05, 3.63) is 48.0 Å². The third-order valence-corrected chi connectivity index (χ3v) is 5.67. The molecule has 0 amide bonds. The number of aromatic nitrogens is 1. The molecule has 0 bridgehead atoms. The van der Waals surface area contributed by atoms with Gasteiger partial charge in [0.15, 0.2) is 0 Å². The molecule has 0 spiro atoms. The lowest BCUT2D eigenvalue weighted by atomic mass is 9.75. The number of hydrogen-bond donors (Lipinski definition) is 0. The van der Waals surface area contributed by atoms with Crippen LogP contribution in [0.2, 0.25) is 0 Å². The number of rotatable bonds is 5. The number of benzene rings is 2. The van der Waals surface area contributed by atoms with Crippen LogP contribution in [0.5, 0.6) is 5.75 Å². The zero-order valence-corrected chi connectivity index (χ0v) is 18.1. The van der Waals surface area contributed by atoms with Crippen LogP contribution in [0, 0.1) is 10.8 Å². The summed E-state index contributed by atoms with van der Waals surface area (Å²) in [6, 6.07) is 12.1. The Morgan fingerprint density at radius 2 is 1.76 bits per heavy atom. The van der Waals surface area contributed by atoms with Gasteiger partial charge in [-0.3, -0.25) is 4.79 Å². The van der Waals surface area contributed by atoms with Gasteiger partial charge >= 0.3 is 5.97 Å². The highest BCUT2D eigenvalue weighted by atomic mass is 32.1. The molecule has 0 atom stereocenters. The first kappa shape index (κ1) is 21.0. The fraction of sp³-hybridized carbons (Fsp3) is 0.348. The Morgan fingerprint density at radius 3 is 2.38 bits per heavy atom. The summed E-state index contributed by atoms with van der Waals surface area (Å²) in [5, 5.41) is 13.2. The van der Waals surface area contributed by atoms with Crippen LogP contribution >= 0.6 is 11.3 Å². The third kappa shape index (κ3) is 4.48. The van der Waals surface area contributed by atoms with Crippen LogP contribution in [0.15, 0.2) is 42.5 Å². The van der Waals surface area contributed by atoms with E-state index in [9.17, 15) is 14.7 Å². The molecule has 29 heavy (non-hydrogen) atoms. The van der Waals surface area contributed by atoms with Crippen LogP contribution in [0.25, 0.3) is 20.8 Å². The SMILES string of the molecule is CC(C)(C)C(=O)C(C)(C)COC(=O)c1ccc(-c2nc3ccccc3s2)c([O-])c1. The van der Waals surface area contributed by atoms with E-state index in [0.29, 0.717) is 10.6 Å². The summed E-state index contributed by atoms with van der Waals surface area (Å²) in [5.41, 5.74) is 0.109. The second-order valence-electron chi connectivity index (χ2n) is 8.74. The molecule has 3 rings (SSSR count). The topological polar surface area (TPSA) is 79.3 Å². The maximum atomic E-state index is 12.6. The zero-order chi connectivity index (χ0) is 21.4. The predicted octanol–water partition coefficient (Wildman–Crippen LogP) is 4.84. The van der Waals surface area contributed by atoms with E-state index in [4.69, 9.17) is 4.74 Å². The van der Waals surface area contributed by atoms with Crippen molar-refractivity contribution >= 4 is 33.3 Å². The smallest absolute Gasteiger partial charge is 0.338 e. The molecule has 3 aromatic rings. The number of ketones is 1. The molecule has 2 aromatic carbocycles. The minimum atomic E-state index is -0.810. The van der Waals surface area contributed by atoms with Gasteiger partial charge in [0.05, 0.1) is 21.2 Å².